The molecule has 1 heterocycles. The molecule has 1 fully saturated rings. The SMILES string of the molecule is CCNC(=NCC(O)c1ccc(OC)cc1)NC1CCN(CC(=O)NC)CC1.I. The zero-order chi connectivity index (χ0) is 20.4. The van der Waals surface area contributed by atoms with E-state index in [0.29, 0.717) is 18.5 Å². The van der Waals surface area contributed by atoms with E-state index in [4.69, 9.17) is 4.74 Å². The van der Waals surface area contributed by atoms with Gasteiger partial charge in [-0.05, 0) is 37.5 Å². The minimum Gasteiger partial charge on any atom is -0.497 e. The maximum absolute atomic E-state index is 11.5. The van der Waals surface area contributed by atoms with Gasteiger partial charge in [0.2, 0.25) is 5.91 Å². The van der Waals surface area contributed by atoms with Gasteiger partial charge in [0.05, 0.1) is 26.3 Å². The molecule has 1 unspecified atom stereocenters. The van der Waals surface area contributed by atoms with Gasteiger partial charge in [-0.15, -0.1) is 24.0 Å². The first kappa shape index (κ1) is 25.4. The van der Waals surface area contributed by atoms with E-state index in [1.54, 1.807) is 14.2 Å². The van der Waals surface area contributed by atoms with E-state index in [0.717, 1.165) is 43.8 Å². The highest BCUT2D eigenvalue weighted by molar-refractivity contribution is 14.0. The number of hydrogen-bond donors (Lipinski definition) is 4. The van der Waals surface area contributed by atoms with Crippen LogP contribution < -0.4 is 20.7 Å². The number of carbonyl (C=O) groups excluding carboxylic acids is 1. The normalized spacial score (nSPS) is 16.5. The molecule has 1 saturated heterocycles. The maximum atomic E-state index is 11.5. The second-order valence-electron chi connectivity index (χ2n) is 6.88. The van der Waals surface area contributed by atoms with Gasteiger partial charge in [-0.1, -0.05) is 12.1 Å². The second kappa shape index (κ2) is 13.6. The number of carbonyl (C=O) groups is 1. The topological polar surface area (TPSA) is 98.2 Å². The van der Waals surface area contributed by atoms with Gasteiger partial charge in [0.1, 0.15) is 5.75 Å². The monoisotopic (exact) mass is 519 g/mol. The van der Waals surface area contributed by atoms with Crippen molar-refractivity contribution in [3.8, 4) is 5.75 Å². The Hall–Kier alpha value is -1.59. The molecule has 1 amide bonds. The molecule has 1 aliphatic heterocycles. The van der Waals surface area contributed by atoms with E-state index in [1.807, 2.05) is 31.2 Å². The third-order valence-electron chi connectivity index (χ3n) is 4.84. The molecular weight excluding hydrogens is 485 g/mol. The Morgan fingerprint density at radius 3 is 2.52 bits per heavy atom. The summed E-state index contributed by atoms with van der Waals surface area (Å²) in [6.07, 6.45) is 1.22. The first-order chi connectivity index (χ1) is 13.5. The van der Waals surface area contributed by atoms with Crippen LogP contribution in [0.1, 0.15) is 31.4 Å². The van der Waals surface area contributed by atoms with Crippen molar-refractivity contribution in [2.45, 2.75) is 31.9 Å². The Kier molecular flexibility index (Phi) is 11.9. The Bertz CT molecular complexity index is 634. The molecule has 1 aromatic carbocycles. The number of aliphatic hydroxyl groups excluding tert-OH is 1. The summed E-state index contributed by atoms with van der Waals surface area (Å²) >= 11 is 0. The van der Waals surface area contributed by atoms with Crippen LogP contribution in [0.2, 0.25) is 0 Å². The van der Waals surface area contributed by atoms with Crippen molar-refractivity contribution in [3.63, 3.8) is 0 Å². The van der Waals surface area contributed by atoms with Crippen LogP contribution in [0.4, 0.5) is 0 Å². The predicted molar refractivity (Wildman–Crippen MR) is 126 cm³/mol. The number of likely N-dealkylation sites (tertiary alicyclic amines) is 1. The standard InChI is InChI=1S/C20H33N5O3.HI/c1-4-22-20(23-13-18(26)15-5-7-17(28-3)8-6-15)24-16-9-11-25(12-10-16)14-19(27)21-2;/h5-8,16,18,26H,4,9-14H2,1-3H3,(H,21,27)(H2,22,23,24);1H. The molecule has 0 aromatic heterocycles. The van der Waals surface area contributed by atoms with Crippen molar-refractivity contribution >= 4 is 35.8 Å². The van der Waals surface area contributed by atoms with Crippen molar-refractivity contribution in [3.05, 3.63) is 29.8 Å². The lowest BCUT2D eigenvalue weighted by Gasteiger charge is -2.32. The molecule has 4 N–H and O–H groups in total. The molecule has 9 heteroatoms. The molecule has 0 saturated carbocycles. The van der Waals surface area contributed by atoms with Gasteiger partial charge in [0, 0.05) is 32.7 Å². The van der Waals surface area contributed by atoms with Crippen LogP contribution >= 0.6 is 24.0 Å². The second-order valence-corrected chi connectivity index (χ2v) is 6.88. The Balaban J connectivity index is 0.00000420. The number of nitrogens with zero attached hydrogens (tertiary/aromatic N) is 2. The smallest absolute Gasteiger partial charge is 0.233 e. The predicted octanol–water partition coefficient (Wildman–Crippen LogP) is 1.11. The average Bonchev–Trinajstić information content (AvgIpc) is 2.73. The Morgan fingerprint density at radius 1 is 1.31 bits per heavy atom. The van der Waals surface area contributed by atoms with E-state index >= 15 is 0 Å². The highest BCUT2D eigenvalue weighted by Crippen LogP contribution is 2.18. The van der Waals surface area contributed by atoms with Crippen LogP contribution in [0.5, 0.6) is 5.75 Å². The number of halogens is 1. The Morgan fingerprint density at radius 2 is 1.97 bits per heavy atom. The van der Waals surface area contributed by atoms with Crippen LogP contribution in [0.25, 0.3) is 0 Å². The number of guanidine groups is 1. The van der Waals surface area contributed by atoms with E-state index in [2.05, 4.69) is 25.8 Å². The number of aliphatic imine (C=N–C) groups is 1. The number of likely N-dealkylation sites (N-methyl/N-ethyl adjacent to an activating group) is 1. The van der Waals surface area contributed by atoms with E-state index < -0.39 is 6.10 Å². The average molecular weight is 519 g/mol. The van der Waals surface area contributed by atoms with E-state index in [-0.39, 0.29) is 36.4 Å². The quantitative estimate of drug-likeness (QED) is 0.234. The summed E-state index contributed by atoms with van der Waals surface area (Å²) in [4.78, 5) is 18.2. The molecule has 8 nitrogen and oxygen atoms in total. The third-order valence-corrected chi connectivity index (χ3v) is 4.84. The van der Waals surface area contributed by atoms with Gasteiger partial charge in [-0.25, -0.2) is 0 Å². The van der Waals surface area contributed by atoms with Crippen LogP contribution in [-0.2, 0) is 4.79 Å². The number of aliphatic hydroxyl groups is 1. The number of hydrogen-bond acceptors (Lipinski definition) is 5. The third kappa shape index (κ3) is 8.75. The molecular formula is C20H34IN5O3. The van der Waals surface area contributed by atoms with Crippen molar-refractivity contribution in [1.82, 2.24) is 20.9 Å². The molecule has 0 aliphatic carbocycles. The van der Waals surface area contributed by atoms with E-state index in [1.165, 1.54) is 0 Å². The molecule has 29 heavy (non-hydrogen) atoms. The number of nitrogens with one attached hydrogen (secondary N) is 3. The zero-order valence-electron chi connectivity index (χ0n) is 17.5. The fraction of sp³-hybridized carbons (Fsp3) is 0.600. The van der Waals surface area contributed by atoms with Crippen molar-refractivity contribution in [2.24, 2.45) is 4.99 Å². The van der Waals surface area contributed by atoms with Crippen molar-refractivity contribution < 1.29 is 14.6 Å². The lowest BCUT2D eigenvalue weighted by molar-refractivity contribution is -0.122. The van der Waals surface area contributed by atoms with Gasteiger partial charge in [0.15, 0.2) is 5.96 Å². The summed E-state index contributed by atoms with van der Waals surface area (Å²) in [7, 11) is 3.28. The van der Waals surface area contributed by atoms with Gasteiger partial charge in [-0.3, -0.25) is 14.7 Å². The van der Waals surface area contributed by atoms with Crippen molar-refractivity contribution in [1.29, 1.82) is 0 Å². The molecule has 1 aromatic rings. The highest BCUT2D eigenvalue weighted by Gasteiger charge is 2.21. The minimum atomic E-state index is -0.671. The van der Waals surface area contributed by atoms with Gasteiger partial charge in [0.25, 0.3) is 0 Å². The number of ether oxygens (including phenoxy) is 1. The number of amides is 1. The molecule has 2 rings (SSSR count). The van der Waals surface area contributed by atoms with E-state index in [9.17, 15) is 9.90 Å². The molecule has 0 spiro atoms. The summed E-state index contributed by atoms with van der Waals surface area (Å²) in [5.74, 6) is 1.52. The summed E-state index contributed by atoms with van der Waals surface area (Å²) in [6.45, 7) is 5.24. The zero-order valence-corrected chi connectivity index (χ0v) is 19.8. The first-order valence-corrected chi connectivity index (χ1v) is 9.85. The summed E-state index contributed by atoms with van der Waals surface area (Å²) < 4.78 is 5.14. The summed E-state index contributed by atoms with van der Waals surface area (Å²) in [5, 5.41) is 19.8. The number of piperidine rings is 1. The summed E-state index contributed by atoms with van der Waals surface area (Å²) in [6, 6.07) is 7.66. The molecule has 164 valence electrons. The molecule has 1 atom stereocenters. The number of benzene rings is 1. The van der Waals surface area contributed by atoms with Gasteiger partial charge >= 0.3 is 0 Å². The minimum absolute atomic E-state index is 0. The van der Waals surface area contributed by atoms with Crippen LogP contribution in [0.3, 0.4) is 0 Å². The van der Waals surface area contributed by atoms with Gasteiger partial charge in [-0.2, -0.15) is 0 Å². The number of methoxy groups -OCH3 is 1. The van der Waals surface area contributed by atoms with Crippen LogP contribution in [0, 0.1) is 0 Å². The van der Waals surface area contributed by atoms with Crippen LogP contribution in [-0.4, -0.2) is 74.8 Å². The van der Waals surface area contributed by atoms with Crippen molar-refractivity contribution in [2.75, 3.05) is 46.9 Å². The first-order valence-electron chi connectivity index (χ1n) is 9.85. The maximum Gasteiger partial charge on any atom is 0.233 e. The lowest BCUT2D eigenvalue weighted by Crippen LogP contribution is -2.50. The number of rotatable bonds is 8. The lowest BCUT2D eigenvalue weighted by atomic mass is 10.1. The molecule has 0 radical (unpaired) electrons. The molecule has 1 aliphatic rings. The fourth-order valence-corrected chi connectivity index (χ4v) is 3.14. The van der Waals surface area contributed by atoms with Crippen LogP contribution in [0.15, 0.2) is 29.3 Å². The Labute approximate surface area is 190 Å². The largest absolute Gasteiger partial charge is 0.497 e. The fourth-order valence-electron chi connectivity index (χ4n) is 3.14. The molecule has 0 bridgehead atoms. The summed E-state index contributed by atoms with van der Waals surface area (Å²) in [5.41, 5.74) is 0.808. The van der Waals surface area contributed by atoms with Gasteiger partial charge < -0.3 is 25.8 Å². The highest BCUT2D eigenvalue weighted by atomic mass is 127.